The van der Waals surface area contributed by atoms with Crippen molar-refractivity contribution in [2.75, 3.05) is 0 Å². The highest BCUT2D eigenvalue weighted by Gasteiger charge is 2.18. The minimum Gasteiger partial charge on any atom is -0.269 e. The van der Waals surface area contributed by atoms with Crippen LogP contribution in [0.1, 0.15) is 26.6 Å². The molecule has 1 aromatic rings. The topological polar surface area (TPSA) is 17.8 Å². The molecule has 0 aromatic carbocycles. The number of imidazole rings is 1. The number of aromatic nitrogens is 2. The van der Waals surface area contributed by atoms with Gasteiger partial charge in [0, 0.05) is 17.8 Å². The van der Waals surface area contributed by atoms with Gasteiger partial charge in [0.15, 0.2) is 0 Å². The van der Waals surface area contributed by atoms with Gasteiger partial charge >= 0.3 is 0 Å². The van der Waals surface area contributed by atoms with Crippen molar-refractivity contribution in [3.63, 3.8) is 0 Å². The van der Waals surface area contributed by atoms with Gasteiger partial charge in [0.25, 0.3) is 0 Å². The Labute approximate surface area is 69.6 Å². The molecule has 0 atom stereocenters. The molecule has 1 aromatic heterocycles. The molecule has 1 rings (SSSR count). The van der Waals surface area contributed by atoms with Crippen molar-refractivity contribution in [2.45, 2.75) is 26.2 Å². The van der Waals surface area contributed by atoms with Crippen molar-refractivity contribution in [1.29, 1.82) is 0 Å². The molecule has 56 valence electrons. The van der Waals surface area contributed by atoms with Crippen LogP contribution in [0.4, 0.5) is 0 Å². The average Bonchev–Trinajstić information content (AvgIpc) is 2.11. The number of nitrogens with zero attached hydrogens (tertiary/aromatic N) is 2. The first-order valence-corrected chi connectivity index (χ1v) is 3.93. The summed E-state index contributed by atoms with van der Waals surface area (Å²) in [4.78, 5) is 4.20. The lowest BCUT2D eigenvalue weighted by Crippen LogP contribution is -2.15. The summed E-state index contributed by atoms with van der Waals surface area (Å²) in [7, 11) is 0. The zero-order chi connectivity index (χ0) is 7.78. The molecule has 0 saturated heterocycles. The zero-order valence-electron chi connectivity index (χ0n) is 6.43. The Bertz CT molecular complexity index is 222. The maximum absolute atomic E-state index is 4.20. The number of rotatable bonds is 0. The molecular formula is C7H11BrN2. The van der Waals surface area contributed by atoms with E-state index in [1.54, 1.807) is 6.20 Å². The van der Waals surface area contributed by atoms with Gasteiger partial charge in [-0.15, -0.1) is 0 Å². The molecule has 1 heterocycles. The highest BCUT2D eigenvalue weighted by molar-refractivity contribution is 9.08. The van der Waals surface area contributed by atoms with E-state index in [0.717, 1.165) is 5.82 Å². The van der Waals surface area contributed by atoms with Gasteiger partial charge in [-0.05, 0) is 0 Å². The standard InChI is InChI=1S/C7H11BrN2/c1-7(2,3)6-9-4-5-10(6)8/h4-5H,1-3H3. The number of hydrogen-bond acceptors (Lipinski definition) is 1. The van der Waals surface area contributed by atoms with Crippen LogP contribution in [0.15, 0.2) is 12.4 Å². The van der Waals surface area contributed by atoms with Crippen molar-refractivity contribution in [2.24, 2.45) is 0 Å². The Hall–Kier alpha value is -0.310. The Morgan fingerprint density at radius 3 is 2.30 bits per heavy atom. The van der Waals surface area contributed by atoms with Crippen LogP contribution in [0.2, 0.25) is 0 Å². The number of halogens is 1. The quantitative estimate of drug-likeness (QED) is 0.632. The largest absolute Gasteiger partial charge is 0.269 e. The Morgan fingerprint density at radius 1 is 1.50 bits per heavy atom. The minimum atomic E-state index is 0.118. The summed E-state index contributed by atoms with van der Waals surface area (Å²) in [5, 5.41) is 0. The van der Waals surface area contributed by atoms with Gasteiger partial charge in [-0.25, -0.2) is 4.98 Å². The average molecular weight is 203 g/mol. The van der Waals surface area contributed by atoms with E-state index in [1.165, 1.54) is 0 Å². The lowest BCUT2D eigenvalue weighted by Gasteiger charge is -2.15. The Morgan fingerprint density at radius 2 is 2.10 bits per heavy atom. The molecule has 2 nitrogen and oxygen atoms in total. The molecule has 0 radical (unpaired) electrons. The van der Waals surface area contributed by atoms with Gasteiger partial charge in [-0.1, -0.05) is 20.8 Å². The van der Waals surface area contributed by atoms with Crippen LogP contribution in [0.3, 0.4) is 0 Å². The third-order valence-corrected chi connectivity index (χ3v) is 1.84. The van der Waals surface area contributed by atoms with Gasteiger partial charge in [0.05, 0.1) is 16.1 Å². The molecule has 0 amide bonds. The normalized spacial score (nSPS) is 12.0. The molecule has 0 aliphatic heterocycles. The van der Waals surface area contributed by atoms with Crippen LogP contribution in [-0.2, 0) is 5.41 Å². The molecule has 0 unspecified atom stereocenters. The van der Waals surface area contributed by atoms with Crippen LogP contribution in [0, 0.1) is 0 Å². The van der Waals surface area contributed by atoms with Crippen LogP contribution in [0.5, 0.6) is 0 Å². The predicted octanol–water partition coefficient (Wildman–Crippen LogP) is 2.34. The molecule has 10 heavy (non-hydrogen) atoms. The third kappa shape index (κ3) is 1.40. The van der Waals surface area contributed by atoms with Gasteiger partial charge in [-0.2, -0.15) is 0 Å². The maximum Gasteiger partial charge on any atom is 0.124 e. The van der Waals surface area contributed by atoms with Crippen LogP contribution >= 0.6 is 16.1 Å². The molecule has 0 aliphatic rings. The molecular weight excluding hydrogens is 192 g/mol. The molecule has 0 fully saturated rings. The van der Waals surface area contributed by atoms with E-state index < -0.39 is 0 Å². The molecule has 3 heteroatoms. The number of hydrogen-bond donors (Lipinski definition) is 0. The third-order valence-electron chi connectivity index (χ3n) is 1.27. The van der Waals surface area contributed by atoms with E-state index >= 15 is 0 Å². The van der Waals surface area contributed by atoms with Gasteiger partial charge in [0.1, 0.15) is 5.82 Å². The van der Waals surface area contributed by atoms with E-state index in [-0.39, 0.29) is 5.41 Å². The first-order valence-electron chi connectivity index (χ1n) is 3.22. The van der Waals surface area contributed by atoms with E-state index in [9.17, 15) is 0 Å². The van der Waals surface area contributed by atoms with Crippen molar-refractivity contribution < 1.29 is 0 Å². The first kappa shape index (κ1) is 7.79. The fourth-order valence-corrected chi connectivity index (χ4v) is 1.53. The summed E-state index contributed by atoms with van der Waals surface area (Å²) in [6.45, 7) is 6.40. The summed E-state index contributed by atoms with van der Waals surface area (Å²) in [5.74, 6) is 1.05. The zero-order valence-corrected chi connectivity index (χ0v) is 8.01. The van der Waals surface area contributed by atoms with Crippen LogP contribution in [-0.4, -0.2) is 8.58 Å². The van der Waals surface area contributed by atoms with Gasteiger partial charge < -0.3 is 0 Å². The van der Waals surface area contributed by atoms with Crippen molar-refractivity contribution in [1.82, 2.24) is 8.58 Å². The molecule has 0 saturated carbocycles. The highest BCUT2D eigenvalue weighted by atomic mass is 79.9. The van der Waals surface area contributed by atoms with E-state index in [4.69, 9.17) is 0 Å². The molecule has 0 spiro atoms. The fourth-order valence-electron chi connectivity index (χ4n) is 0.802. The lowest BCUT2D eigenvalue weighted by atomic mass is 9.96. The second kappa shape index (κ2) is 2.38. The van der Waals surface area contributed by atoms with Crippen LogP contribution in [0.25, 0.3) is 0 Å². The molecule has 0 aliphatic carbocycles. The summed E-state index contributed by atoms with van der Waals surface area (Å²) in [6, 6.07) is 0. The van der Waals surface area contributed by atoms with Gasteiger partial charge in [0.2, 0.25) is 0 Å². The van der Waals surface area contributed by atoms with E-state index in [2.05, 4.69) is 41.9 Å². The second-order valence-corrected chi connectivity index (χ2v) is 4.08. The van der Waals surface area contributed by atoms with Crippen molar-refractivity contribution in [3.8, 4) is 0 Å². The lowest BCUT2D eigenvalue weighted by molar-refractivity contribution is 0.548. The highest BCUT2D eigenvalue weighted by Crippen LogP contribution is 2.20. The summed E-state index contributed by atoms with van der Waals surface area (Å²) in [6.07, 6.45) is 3.68. The fraction of sp³-hybridized carbons (Fsp3) is 0.571. The van der Waals surface area contributed by atoms with E-state index in [0.29, 0.717) is 0 Å². The monoisotopic (exact) mass is 202 g/mol. The summed E-state index contributed by atoms with van der Waals surface area (Å²) < 4.78 is 1.87. The second-order valence-electron chi connectivity index (χ2n) is 3.31. The maximum atomic E-state index is 4.20. The van der Waals surface area contributed by atoms with Crippen molar-refractivity contribution >= 4 is 16.1 Å². The van der Waals surface area contributed by atoms with Gasteiger partial charge in [-0.3, -0.25) is 3.59 Å². The molecule has 0 N–H and O–H groups in total. The van der Waals surface area contributed by atoms with Crippen molar-refractivity contribution in [3.05, 3.63) is 18.2 Å². The molecule has 0 bridgehead atoms. The summed E-state index contributed by atoms with van der Waals surface area (Å²) in [5.41, 5.74) is 0.118. The Kier molecular flexibility index (Phi) is 1.86. The first-order chi connectivity index (χ1) is 4.52. The Balaban J connectivity index is 3.05. The van der Waals surface area contributed by atoms with E-state index in [1.807, 2.05) is 9.79 Å². The van der Waals surface area contributed by atoms with Crippen LogP contribution < -0.4 is 0 Å². The predicted molar refractivity (Wildman–Crippen MR) is 45.3 cm³/mol. The summed E-state index contributed by atoms with van der Waals surface area (Å²) >= 11 is 3.36. The minimum absolute atomic E-state index is 0.118. The smallest absolute Gasteiger partial charge is 0.124 e. The SMILES string of the molecule is CC(C)(C)c1nccn1Br.